The van der Waals surface area contributed by atoms with Crippen molar-refractivity contribution >= 4 is 27.6 Å². The summed E-state index contributed by atoms with van der Waals surface area (Å²) in [6, 6.07) is 10.8. The van der Waals surface area contributed by atoms with Crippen molar-refractivity contribution in [2.45, 2.75) is 0 Å². The van der Waals surface area contributed by atoms with Gasteiger partial charge in [-0.05, 0) is 40.2 Å². The Bertz CT molecular complexity index is 692. The number of hydrogen-bond acceptors (Lipinski definition) is 4. The van der Waals surface area contributed by atoms with Gasteiger partial charge in [0, 0.05) is 30.7 Å². The van der Waals surface area contributed by atoms with Crippen molar-refractivity contribution in [2.24, 2.45) is 0 Å². The van der Waals surface area contributed by atoms with Crippen LogP contribution in [-0.2, 0) is 0 Å². The first-order valence-corrected chi connectivity index (χ1v) is 8.27. The number of ketones is 1. The molecule has 0 aliphatic carbocycles. The Morgan fingerprint density at radius 3 is 2.43 bits per heavy atom. The third-order valence-corrected chi connectivity index (χ3v) is 4.62. The second-order valence-electron chi connectivity index (χ2n) is 5.45. The Morgan fingerprint density at radius 1 is 1.04 bits per heavy atom. The van der Waals surface area contributed by atoms with Crippen LogP contribution in [-0.4, -0.2) is 54.2 Å². The molecule has 0 atom stereocenters. The summed E-state index contributed by atoms with van der Waals surface area (Å²) in [5.74, 6) is 0.381. The molecule has 1 aliphatic heterocycles. The lowest BCUT2D eigenvalue weighted by atomic mass is 10.1. The smallest absolute Gasteiger partial charge is 0.255 e. The molecule has 2 aromatic rings. The highest BCUT2D eigenvalue weighted by Gasteiger charge is 2.24. The molecule has 0 spiro atoms. The Hall–Kier alpha value is -1.92. The summed E-state index contributed by atoms with van der Waals surface area (Å²) in [5, 5.41) is 0. The lowest BCUT2D eigenvalue weighted by Gasteiger charge is -2.34. The predicted octanol–water partition coefficient (Wildman–Crippen LogP) is 2.68. The number of furan rings is 1. The summed E-state index contributed by atoms with van der Waals surface area (Å²) in [5.41, 5.74) is 0.674. The molecule has 23 heavy (non-hydrogen) atoms. The van der Waals surface area contributed by atoms with Gasteiger partial charge in [-0.25, -0.2) is 0 Å². The predicted molar refractivity (Wildman–Crippen MR) is 89.5 cm³/mol. The third-order valence-electron chi connectivity index (χ3n) is 3.93. The number of carbonyl (C=O) groups excluding carboxylic acids is 2. The summed E-state index contributed by atoms with van der Waals surface area (Å²) in [4.78, 5) is 28.4. The molecule has 1 fully saturated rings. The summed E-state index contributed by atoms with van der Waals surface area (Å²) >= 11 is 3.42. The van der Waals surface area contributed by atoms with Crippen molar-refractivity contribution in [2.75, 3.05) is 32.7 Å². The van der Waals surface area contributed by atoms with Gasteiger partial charge in [0.05, 0.1) is 18.4 Å². The maximum atomic E-state index is 12.5. The zero-order valence-corrected chi connectivity index (χ0v) is 14.2. The Labute approximate surface area is 143 Å². The summed E-state index contributed by atoms with van der Waals surface area (Å²) in [6.45, 7) is 2.92. The van der Waals surface area contributed by atoms with Crippen molar-refractivity contribution in [3.05, 3.63) is 58.5 Å². The van der Waals surface area contributed by atoms with Gasteiger partial charge >= 0.3 is 0 Å². The van der Waals surface area contributed by atoms with E-state index in [0.29, 0.717) is 44.0 Å². The van der Waals surface area contributed by atoms with Crippen LogP contribution in [0.1, 0.15) is 20.9 Å². The SMILES string of the molecule is O=C(CN1CCN(C(=O)c2ccccc2Br)CC1)c1ccco1. The zero-order chi connectivity index (χ0) is 16.2. The largest absolute Gasteiger partial charge is 0.461 e. The van der Waals surface area contributed by atoms with Crippen LogP contribution in [0.5, 0.6) is 0 Å². The van der Waals surface area contributed by atoms with Crippen LogP contribution in [0.15, 0.2) is 51.6 Å². The van der Waals surface area contributed by atoms with Crippen LogP contribution in [0.3, 0.4) is 0 Å². The Morgan fingerprint density at radius 2 is 1.78 bits per heavy atom. The average molecular weight is 377 g/mol. The van der Waals surface area contributed by atoms with Crippen LogP contribution in [0.25, 0.3) is 0 Å². The number of benzene rings is 1. The fourth-order valence-electron chi connectivity index (χ4n) is 2.63. The minimum absolute atomic E-state index is 0.0227. The van der Waals surface area contributed by atoms with Gasteiger partial charge in [0.15, 0.2) is 5.76 Å². The first-order valence-electron chi connectivity index (χ1n) is 7.48. The van der Waals surface area contributed by atoms with E-state index in [9.17, 15) is 9.59 Å². The molecule has 0 bridgehead atoms. The summed E-state index contributed by atoms with van der Waals surface area (Å²) < 4.78 is 5.93. The van der Waals surface area contributed by atoms with Crippen molar-refractivity contribution in [3.63, 3.8) is 0 Å². The van der Waals surface area contributed by atoms with Gasteiger partial charge in [-0.3, -0.25) is 14.5 Å². The average Bonchev–Trinajstić information content (AvgIpc) is 3.10. The molecular formula is C17H17BrN2O3. The monoisotopic (exact) mass is 376 g/mol. The topological polar surface area (TPSA) is 53.8 Å². The standard InChI is InChI=1S/C17H17BrN2O3/c18-14-5-2-1-4-13(14)17(22)20-9-7-19(8-10-20)12-15(21)16-6-3-11-23-16/h1-6,11H,7-10,12H2. The lowest BCUT2D eigenvalue weighted by Crippen LogP contribution is -2.49. The highest BCUT2D eigenvalue weighted by atomic mass is 79.9. The normalized spacial score (nSPS) is 15.6. The van der Waals surface area contributed by atoms with Crippen LogP contribution >= 0.6 is 15.9 Å². The third kappa shape index (κ3) is 3.71. The molecule has 1 amide bonds. The Kier molecular flexibility index (Phi) is 4.93. The van der Waals surface area contributed by atoms with Crippen LogP contribution < -0.4 is 0 Å². The van der Waals surface area contributed by atoms with E-state index in [0.717, 1.165) is 4.47 Å². The number of rotatable bonds is 4. The molecule has 5 nitrogen and oxygen atoms in total. The molecule has 0 saturated carbocycles. The van der Waals surface area contributed by atoms with Crippen molar-refractivity contribution in [3.8, 4) is 0 Å². The second kappa shape index (κ2) is 7.10. The molecular weight excluding hydrogens is 360 g/mol. The highest BCUT2D eigenvalue weighted by molar-refractivity contribution is 9.10. The van der Waals surface area contributed by atoms with E-state index in [1.54, 1.807) is 12.1 Å². The molecule has 0 radical (unpaired) electrons. The van der Waals surface area contributed by atoms with E-state index < -0.39 is 0 Å². The van der Waals surface area contributed by atoms with E-state index in [1.807, 2.05) is 29.2 Å². The zero-order valence-electron chi connectivity index (χ0n) is 12.6. The number of Topliss-reactive ketones (excluding diaryl/α,β-unsaturated/α-hetero) is 1. The number of amides is 1. The first kappa shape index (κ1) is 16.0. The van der Waals surface area contributed by atoms with Crippen molar-refractivity contribution < 1.29 is 14.0 Å². The van der Waals surface area contributed by atoms with Crippen LogP contribution in [0.4, 0.5) is 0 Å². The van der Waals surface area contributed by atoms with Crippen molar-refractivity contribution in [1.29, 1.82) is 0 Å². The van der Waals surface area contributed by atoms with Gasteiger partial charge in [0.2, 0.25) is 5.78 Å². The number of piperazine rings is 1. The van der Waals surface area contributed by atoms with E-state index in [2.05, 4.69) is 20.8 Å². The quantitative estimate of drug-likeness (QED) is 0.769. The molecule has 6 heteroatoms. The molecule has 1 aliphatic rings. The second-order valence-corrected chi connectivity index (χ2v) is 6.30. The highest BCUT2D eigenvalue weighted by Crippen LogP contribution is 2.18. The molecule has 1 aromatic heterocycles. The maximum absolute atomic E-state index is 12.5. The molecule has 0 unspecified atom stereocenters. The fourth-order valence-corrected chi connectivity index (χ4v) is 3.09. The van der Waals surface area contributed by atoms with Gasteiger partial charge in [0.25, 0.3) is 5.91 Å². The number of hydrogen-bond donors (Lipinski definition) is 0. The van der Waals surface area contributed by atoms with Gasteiger partial charge in [-0.1, -0.05) is 12.1 Å². The number of halogens is 1. The van der Waals surface area contributed by atoms with E-state index >= 15 is 0 Å². The molecule has 0 N–H and O–H groups in total. The minimum Gasteiger partial charge on any atom is -0.461 e. The molecule has 2 heterocycles. The Balaban J connectivity index is 1.55. The van der Waals surface area contributed by atoms with Crippen LogP contribution in [0.2, 0.25) is 0 Å². The molecule has 3 rings (SSSR count). The van der Waals surface area contributed by atoms with E-state index in [1.165, 1.54) is 6.26 Å². The summed E-state index contributed by atoms with van der Waals surface area (Å²) in [7, 11) is 0. The molecule has 120 valence electrons. The van der Waals surface area contributed by atoms with Gasteiger partial charge < -0.3 is 9.32 Å². The van der Waals surface area contributed by atoms with Gasteiger partial charge in [0.1, 0.15) is 0 Å². The number of nitrogens with zero attached hydrogens (tertiary/aromatic N) is 2. The lowest BCUT2D eigenvalue weighted by molar-refractivity contribution is 0.0619. The van der Waals surface area contributed by atoms with E-state index in [4.69, 9.17) is 4.42 Å². The van der Waals surface area contributed by atoms with Crippen molar-refractivity contribution in [1.82, 2.24) is 9.80 Å². The van der Waals surface area contributed by atoms with Gasteiger partial charge in [-0.2, -0.15) is 0 Å². The summed E-state index contributed by atoms with van der Waals surface area (Å²) in [6.07, 6.45) is 1.50. The molecule has 1 saturated heterocycles. The first-order chi connectivity index (χ1) is 11.1. The fraction of sp³-hybridized carbons (Fsp3) is 0.294. The van der Waals surface area contributed by atoms with E-state index in [-0.39, 0.29) is 11.7 Å². The minimum atomic E-state index is -0.0272. The van der Waals surface area contributed by atoms with Crippen LogP contribution in [0, 0.1) is 0 Å². The molecule has 1 aromatic carbocycles. The van der Waals surface area contributed by atoms with Gasteiger partial charge in [-0.15, -0.1) is 0 Å². The maximum Gasteiger partial charge on any atom is 0.255 e. The number of carbonyl (C=O) groups is 2.